The minimum Gasteiger partial charge on any atom is -0.487 e. The average molecular weight is 298 g/mol. The van der Waals surface area contributed by atoms with Gasteiger partial charge in [0.1, 0.15) is 0 Å². The Morgan fingerprint density at radius 2 is 2.10 bits per heavy atom. The molecule has 0 amide bonds. The molecule has 118 valence electrons. The lowest BCUT2D eigenvalue weighted by Crippen LogP contribution is -2.08. The van der Waals surface area contributed by atoms with Crippen LogP contribution in [-0.4, -0.2) is 45.0 Å². The second kappa shape index (κ2) is 9.95. The second-order valence-electron chi connectivity index (χ2n) is 4.26. The molecule has 1 aromatic carbocycles. The van der Waals surface area contributed by atoms with E-state index in [0.717, 1.165) is 18.7 Å². The van der Waals surface area contributed by atoms with E-state index in [9.17, 15) is 10.1 Å². The zero-order valence-corrected chi connectivity index (χ0v) is 12.5. The third kappa shape index (κ3) is 6.42. The molecule has 0 bridgehead atoms. The number of rotatable bonds is 11. The largest absolute Gasteiger partial charge is 0.487 e. The maximum atomic E-state index is 10.9. The predicted molar refractivity (Wildman–Crippen MR) is 80.1 cm³/mol. The minimum atomic E-state index is -0.446. The van der Waals surface area contributed by atoms with Gasteiger partial charge in [-0.2, -0.15) is 0 Å². The molecule has 0 spiro atoms. The van der Waals surface area contributed by atoms with Crippen LogP contribution < -0.4 is 10.1 Å². The molecular formula is C14H22N2O5. The quantitative estimate of drug-likeness (QED) is 0.384. The summed E-state index contributed by atoms with van der Waals surface area (Å²) in [6.45, 7) is 4.72. The first-order valence-corrected chi connectivity index (χ1v) is 6.90. The number of nitrogens with one attached hydrogen (secondary N) is 1. The van der Waals surface area contributed by atoms with Crippen molar-refractivity contribution in [1.82, 2.24) is 0 Å². The van der Waals surface area contributed by atoms with Crippen LogP contribution in [0.5, 0.6) is 5.75 Å². The number of nitrogens with zero attached hydrogens (tertiary/aromatic N) is 1. The maximum absolute atomic E-state index is 10.9. The molecular weight excluding hydrogens is 276 g/mol. The normalized spacial score (nSPS) is 10.4. The Balaban J connectivity index is 2.41. The van der Waals surface area contributed by atoms with E-state index in [0.29, 0.717) is 26.4 Å². The van der Waals surface area contributed by atoms with Crippen LogP contribution in [0, 0.1) is 10.1 Å². The Morgan fingerprint density at radius 3 is 2.76 bits per heavy atom. The Labute approximate surface area is 124 Å². The number of methoxy groups -OCH3 is 1. The van der Waals surface area contributed by atoms with E-state index in [-0.39, 0.29) is 11.4 Å². The van der Waals surface area contributed by atoms with Gasteiger partial charge in [-0.05, 0) is 19.4 Å². The molecule has 21 heavy (non-hydrogen) atoms. The van der Waals surface area contributed by atoms with Gasteiger partial charge < -0.3 is 19.5 Å². The van der Waals surface area contributed by atoms with Crippen LogP contribution >= 0.6 is 0 Å². The molecule has 0 unspecified atom stereocenters. The highest BCUT2D eigenvalue weighted by molar-refractivity contribution is 5.57. The summed E-state index contributed by atoms with van der Waals surface area (Å²) in [6.07, 6.45) is 0.838. The van der Waals surface area contributed by atoms with Crippen molar-refractivity contribution in [1.29, 1.82) is 0 Å². The van der Waals surface area contributed by atoms with E-state index in [2.05, 4.69) is 5.32 Å². The Bertz CT molecular complexity index is 439. The molecule has 0 heterocycles. The fraction of sp³-hybridized carbons (Fsp3) is 0.571. The van der Waals surface area contributed by atoms with Crippen molar-refractivity contribution in [2.24, 2.45) is 0 Å². The molecule has 0 radical (unpaired) electrons. The van der Waals surface area contributed by atoms with Gasteiger partial charge in [-0.15, -0.1) is 0 Å². The van der Waals surface area contributed by atoms with Gasteiger partial charge >= 0.3 is 5.69 Å². The lowest BCUT2D eigenvalue weighted by Gasteiger charge is -2.09. The molecule has 7 nitrogen and oxygen atoms in total. The van der Waals surface area contributed by atoms with Gasteiger partial charge in [-0.3, -0.25) is 10.1 Å². The fourth-order valence-electron chi connectivity index (χ4n) is 1.70. The lowest BCUT2D eigenvalue weighted by atomic mass is 10.2. The summed E-state index contributed by atoms with van der Waals surface area (Å²) in [5.41, 5.74) is 0.770. The summed E-state index contributed by atoms with van der Waals surface area (Å²) < 4.78 is 15.5. The summed E-state index contributed by atoms with van der Waals surface area (Å²) in [7, 11) is 1.63. The van der Waals surface area contributed by atoms with Gasteiger partial charge in [-0.1, -0.05) is 0 Å². The number of nitro benzene ring substituents is 1. The van der Waals surface area contributed by atoms with E-state index < -0.39 is 4.92 Å². The van der Waals surface area contributed by atoms with E-state index in [1.165, 1.54) is 6.07 Å². The first-order valence-electron chi connectivity index (χ1n) is 6.90. The first kappa shape index (κ1) is 17.2. The van der Waals surface area contributed by atoms with Crippen LogP contribution in [0.25, 0.3) is 0 Å². The Hall–Kier alpha value is -1.86. The highest BCUT2D eigenvalue weighted by Gasteiger charge is 2.14. The number of hydrogen-bond acceptors (Lipinski definition) is 6. The summed E-state index contributed by atoms with van der Waals surface area (Å²) in [5, 5.41) is 14.1. The minimum absolute atomic E-state index is 0.0229. The highest BCUT2D eigenvalue weighted by atomic mass is 16.6. The van der Waals surface area contributed by atoms with Gasteiger partial charge in [0.15, 0.2) is 5.75 Å². The molecule has 1 rings (SSSR count). The standard InChI is InChI=1S/C14H22N2O5/c1-3-21-14-11-12(5-6-13(14)16(17)18)15-7-4-8-20-10-9-19-2/h5-6,11,15H,3-4,7-10H2,1-2H3. The van der Waals surface area contributed by atoms with Gasteiger partial charge in [0.05, 0.1) is 24.7 Å². The third-order valence-electron chi connectivity index (χ3n) is 2.68. The number of ether oxygens (including phenoxy) is 3. The SMILES string of the molecule is CCOc1cc(NCCCOCCOC)ccc1[N+](=O)[O-]. The molecule has 7 heteroatoms. The lowest BCUT2D eigenvalue weighted by molar-refractivity contribution is -0.385. The van der Waals surface area contributed by atoms with Crippen LogP contribution in [0.2, 0.25) is 0 Å². The monoisotopic (exact) mass is 298 g/mol. The first-order chi connectivity index (χ1) is 10.2. The number of anilines is 1. The summed E-state index contributed by atoms with van der Waals surface area (Å²) >= 11 is 0. The summed E-state index contributed by atoms with van der Waals surface area (Å²) in [5.74, 6) is 0.281. The molecule has 0 aliphatic heterocycles. The summed E-state index contributed by atoms with van der Waals surface area (Å²) in [4.78, 5) is 10.4. The smallest absolute Gasteiger partial charge is 0.311 e. The van der Waals surface area contributed by atoms with E-state index in [1.54, 1.807) is 26.2 Å². The zero-order chi connectivity index (χ0) is 15.5. The summed E-state index contributed by atoms with van der Waals surface area (Å²) in [6, 6.07) is 4.77. The van der Waals surface area contributed by atoms with Gasteiger partial charge in [-0.25, -0.2) is 0 Å². The van der Waals surface area contributed by atoms with Crippen molar-refractivity contribution >= 4 is 11.4 Å². The second-order valence-corrected chi connectivity index (χ2v) is 4.26. The van der Waals surface area contributed by atoms with Crippen molar-refractivity contribution in [2.45, 2.75) is 13.3 Å². The molecule has 0 saturated carbocycles. The van der Waals surface area contributed by atoms with E-state index in [1.807, 2.05) is 0 Å². The van der Waals surface area contributed by atoms with Crippen molar-refractivity contribution in [3.63, 3.8) is 0 Å². The topological polar surface area (TPSA) is 82.9 Å². The molecule has 0 aliphatic rings. The highest BCUT2D eigenvalue weighted by Crippen LogP contribution is 2.29. The molecule has 1 aromatic rings. The molecule has 0 saturated heterocycles. The molecule has 1 N–H and O–H groups in total. The zero-order valence-electron chi connectivity index (χ0n) is 12.5. The number of benzene rings is 1. The maximum Gasteiger partial charge on any atom is 0.311 e. The van der Waals surface area contributed by atoms with Crippen molar-refractivity contribution in [3.8, 4) is 5.75 Å². The molecule has 0 fully saturated rings. The van der Waals surface area contributed by atoms with Gasteiger partial charge in [0.2, 0.25) is 0 Å². The van der Waals surface area contributed by atoms with Crippen LogP contribution in [0.15, 0.2) is 18.2 Å². The van der Waals surface area contributed by atoms with Crippen molar-refractivity contribution < 1.29 is 19.1 Å². The Morgan fingerprint density at radius 1 is 1.29 bits per heavy atom. The third-order valence-corrected chi connectivity index (χ3v) is 2.68. The van der Waals surface area contributed by atoms with Crippen molar-refractivity contribution in [2.75, 3.05) is 45.4 Å². The molecule has 0 atom stereocenters. The molecule has 0 aromatic heterocycles. The van der Waals surface area contributed by atoms with Crippen LogP contribution in [0.4, 0.5) is 11.4 Å². The van der Waals surface area contributed by atoms with Crippen molar-refractivity contribution in [3.05, 3.63) is 28.3 Å². The van der Waals surface area contributed by atoms with Gasteiger partial charge in [0.25, 0.3) is 0 Å². The van der Waals surface area contributed by atoms with E-state index in [4.69, 9.17) is 14.2 Å². The Kier molecular flexibility index (Phi) is 8.15. The predicted octanol–water partition coefficient (Wildman–Crippen LogP) is 2.46. The van der Waals surface area contributed by atoms with Crippen LogP contribution in [-0.2, 0) is 9.47 Å². The molecule has 0 aliphatic carbocycles. The average Bonchev–Trinajstić information content (AvgIpc) is 2.46. The van der Waals surface area contributed by atoms with E-state index >= 15 is 0 Å². The van der Waals surface area contributed by atoms with Crippen LogP contribution in [0.1, 0.15) is 13.3 Å². The van der Waals surface area contributed by atoms with Gasteiger partial charge in [0, 0.05) is 38.1 Å². The van der Waals surface area contributed by atoms with Crippen LogP contribution in [0.3, 0.4) is 0 Å². The fourth-order valence-corrected chi connectivity index (χ4v) is 1.70. The number of hydrogen-bond donors (Lipinski definition) is 1. The number of nitro groups is 1.